The number of carboxylic acids is 1. The van der Waals surface area contributed by atoms with Crippen molar-refractivity contribution in [2.24, 2.45) is 0 Å². The Morgan fingerprint density at radius 1 is 1.11 bits per heavy atom. The second-order valence-electron chi connectivity index (χ2n) is 10.00. The molecule has 1 atom stereocenters. The maximum atomic E-state index is 13.6. The van der Waals surface area contributed by atoms with Gasteiger partial charge in [-0.3, -0.25) is 29.1 Å². The highest BCUT2D eigenvalue weighted by atomic mass is 16.4. The fourth-order valence-corrected chi connectivity index (χ4v) is 5.72. The number of carbonyl (C=O) groups excluding carboxylic acids is 2. The number of carbonyl (C=O) groups is 3. The van der Waals surface area contributed by atoms with Gasteiger partial charge in [0.15, 0.2) is 0 Å². The molecule has 192 valence electrons. The highest BCUT2D eigenvalue weighted by Gasteiger charge is 2.41. The summed E-state index contributed by atoms with van der Waals surface area (Å²) < 4.78 is 1.37. The van der Waals surface area contributed by atoms with Gasteiger partial charge in [-0.15, -0.1) is 0 Å². The molecule has 2 fully saturated rings. The van der Waals surface area contributed by atoms with E-state index in [1.807, 2.05) is 30.3 Å². The normalized spacial score (nSPS) is 19.4. The molecule has 1 aliphatic carbocycles. The number of aliphatic carboxylic acids is 1. The Kier molecular flexibility index (Phi) is 6.54. The number of amides is 2. The second kappa shape index (κ2) is 9.80. The largest absolute Gasteiger partial charge is 0.481 e. The number of piperidine rings is 1. The molecule has 3 aromatic rings. The van der Waals surface area contributed by atoms with Gasteiger partial charge in [0.2, 0.25) is 11.8 Å². The fraction of sp³-hybridized carbons (Fsp3) is 0.393. The summed E-state index contributed by atoms with van der Waals surface area (Å²) in [4.78, 5) is 54.4. The predicted molar refractivity (Wildman–Crippen MR) is 138 cm³/mol. The third-order valence-corrected chi connectivity index (χ3v) is 7.73. The maximum Gasteiger partial charge on any atom is 0.314 e. The summed E-state index contributed by atoms with van der Waals surface area (Å²) in [5.74, 6) is -1.18. The van der Waals surface area contributed by atoms with Crippen molar-refractivity contribution in [3.63, 3.8) is 0 Å². The number of aromatic nitrogens is 2. The predicted octanol–water partition coefficient (Wildman–Crippen LogP) is 3.58. The lowest BCUT2D eigenvalue weighted by Gasteiger charge is -2.33. The summed E-state index contributed by atoms with van der Waals surface area (Å²) in [5, 5.41) is 16.0. The molecule has 1 saturated carbocycles. The maximum absolute atomic E-state index is 13.6. The van der Waals surface area contributed by atoms with Crippen LogP contribution in [0.2, 0.25) is 0 Å². The van der Waals surface area contributed by atoms with Gasteiger partial charge in [-0.25, -0.2) is 4.98 Å². The molecule has 2 heterocycles. The van der Waals surface area contributed by atoms with E-state index in [0.29, 0.717) is 41.8 Å². The molecule has 9 nitrogen and oxygen atoms in total. The summed E-state index contributed by atoms with van der Waals surface area (Å²) in [6.45, 7) is 2.10. The van der Waals surface area contributed by atoms with Gasteiger partial charge in [-0.05, 0) is 49.4 Å². The number of fused-ring (bicyclic) bond motifs is 1. The summed E-state index contributed by atoms with van der Waals surface area (Å²) in [6.07, 6.45) is 4.63. The van der Waals surface area contributed by atoms with Crippen molar-refractivity contribution in [2.45, 2.75) is 69.9 Å². The Hall–Kier alpha value is -4.01. The Morgan fingerprint density at radius 3 is 2.51 bits per heavy atom. The number of nitrogens with one attached hydrogen (secondary N) is 2. The van der Waals surface area contributed by atoms with E-state index in [1.54, 1.807) is 19.1 Å². The van der Waals surface area contributed by atoms with Crippen LogP contribution < -0.4 is 16.2 Å². The van der Waals surface area contributed by atoms with E-state index >= 15 is 0 Å². The van der Waals surface area contributed by atoms with E-state index in [9.17, 15) is 24.3 Å². The van der Waals surface area contributed by atoms with Crippen LogP contribution in [0.1, 0.15) is 67.9 Å². The van der Waals surface area contributed by atoms with E-state index < -0.39 is 23.3 Å². The van der Waals surface area contributed by atoms with Crippen LogP contribution in [0.25, 0.3) is 10.9 Å². The molecule has 0 spiro atoms. The molecule has 2 aliphatic rings. The number of rotatable bonds is 6. The van der Waals surface area contributed by atoms with Gasteiger partial charge < -0.3 is 10.4 Å². The SMILES string of the molecule is Cc1nc2cccc(NCc3ccc(C4(C(=O)O)CCCCC4)cc3)c2c(=O)n1C1CCC(=O)NC1=O. The molecule has 2 aromatic carbocycles. The van der Waals surface area contributed by atoms with Gasteiger partial charge >= 0.3 is 5.97 Å². The Bertz CT molecular complexity index is 1440. The third kappa shape index (κ3) is 4.50. The zero-order chi connectivity index (χ0) is 26.2. The summed E-state index contributed by atoms with van der Waals surface area (Å²) in [7, 11) is 0. The van der Waals surface area contributed by atoms with E-state index in [1.165, 1.54) is 4.57 Å². The zero-order valence-corrected chi connectivity index (χ0v) is 20.8. The van der Waals surface area contributed by atoms with Crippen LogP contribution >= 0.6 is 0 Å². The van der Waals surface area contributed by atoms with Gasteiger partial charge in [0.05, 0.1) is 16.3 Å². The average molecular weight is 503 g/mol. The number of imide groups is 1. The number of hydrogen-bond donors (Lipinski definition) is 3. The van der Waals surface area contributed by atoms with Crippen LogP contribution in [-0.4, -0.2) is 32.4 Å². The average Bonchev–Trinajstić information content (AvgIpc) is 2.89. The minimum Gasteiger partial charge on any atom is -0.481 e. The Labute approximate surface area is 213 Å². The quantitative estimate of drug-likeness (QED) is 0.439. The molecule has 37 heavy (non-hydrogen) atoms. The minimum atomic E-state index is -0.815. The van der Waals surface area contributed by atoms with Gasteiger partial charge in [-0.2, -0.15) is 0 Å². The van der Waals surface area contributed by atoms with Gasteiger partial charge in [0.1, 0.15) is 11.9 Å². The number of nitrogens with zero attached hydrogens (tertiary/aromatic N) is 2. The van der Waals surface area contributed by atoms with E-state index in [0.717, 1.165) is 30.4 Å². The van der Waals surface area contributed by atoms with Crippen molar-refractivity contribution in [1.29, 1.82) is 0 Å². The van der Waals surface area contributed by atoms with Gasteiger partial charge in [0, 0.05) is 18.7 Å². The van der Waals surface area contributed by atoms with Crippen molar-refractivity contribution in [3.05, 3.63) is 69.8 Å². The van der Waals surface area contributed by atoms with Crippen LogP contribution in [0.4, 0.5) is 5.69 Å². The second-order valence-corrected chi connectivity index (χ2v) is 10.00. The first-order valence-corrected chi connectivity index (χ1v) is 12.7. The summed E-state index contributed by atoms with van der Waals surface area (Å²) in [6, 6.07) is 12.2. The molecule has 1 saturated heterocycles. The third-order valence-electron chi connectivity index (χ3n) is 7.73. The van der Waals surface area contributed by atoms with Crippen molar-refractivity contribution in [1.82, 2.24) is 14.9 Å². The molecular weight excluding hydrogens is 472 g/mol. The lowest BCUT2D eigenvalue weighted by atomic mass is 9.69. The highest BCUT2D eigenvalue weighted by Crippen LogP contribution is 2.40. The first kappa shape index (κ1) is 24.7. The number of aryl methyl sites for hydroxylation is 1. The van der Waals surface area contributed by atoms with Crippen molar-refractivity contribution in [3.8, 4) is 0 Å². The van der Waals surface area contributed by atoms with Crippen LogP contribution in [0.3, 0.4) is 0 Å². The van der Waals surface area contributed by atoms with Gasteiger partial charge in [-0.1, -0.05) is 49.6 Å². The molecule has 0 bridgehead atoms. The lowest BCUT2D eigenvalue weighted by molar-refractivity contribution is -0.145. The molecule has 0 radical (unpaired) electrons. The number of anilines is 1. The van der Waals surface area contributed by atoms with Crippen molar-refractivity contribution >= 4 is 34.4 Å². The fourth-order valence-electron chi connectivity index (χ4n) is 5.72. The molecule has 5 rings (SSSR count). The molecule has 1 unspecified atom stereocenters. The van der Waals surface area contributed by atoms with E-state index in [4.69, 9.17) is 0 Å². The standard InChI is InChI=1S/C28H30N4O5/c1-17-30-21-7-5-6-20(24(21)26(35)32(17)22-12-13-23(33)31-25(22)34)29-16-18-8-10-19(11-9-18)28(27(36)37)14-3-2-4-15-28/h5-11,22,29H,2-4,12-16H2,1H3,(H,36,37)(H,31,33,34). The topological polar surface area (TPSA) is 130 Å². The van der Waals surface area contributed by atoms with Crippen LogP contribution in [0.15, 0.2) is 47.3 Å². The van der Waals surface area contributed by atoms with Crippen LogP contribution in [-0.2, 0) is 26.3 Å². The smallest absolute Gasteiger partial charge is 0.314 e. The van der Waals surface area contributed by atoms with Gasteiger partial charge in [0.25, 0.3) is 5.56 Å². The first-order valence-electron chi connectivity index (χ1n) is 12.7. The molecule has 2 amide bonds. The van der Waals surface area contributed by atoms with E-state index in [2.05, 4.69) is 15.6 Å². The lowest BCUT2D eigenvalue weighted by Crippen LogP contribution is -2.45. The summed E-state index contributed by atoms with van der Waals surface area (Å²) >= 11 is 0. The van der Waals surface area contributed by atoms with Crippen molar-refractivity contribution in [2.75, 3.05) is 5.32 Å². The summed E-state index contributed by atoms with van der Waals surface area (Å²) in [5.41, 5.74) is 1.74. The number of carboxylic acid groups (broad SMARTS) is 1. The molecule has 3 N–H and O–H groups in total. The van der Waals surface area contributed by atoms with Crippen LogP contribution in [0.5, 0.6) is 0 Å². The molecule has 1 aliphatic heterocycles. The zero-order valence-electron chi connectivity index (χ0n) is 20.8. The Balaban J connectivity index is 1.42. The number of benzene rings is 2. The van der Waals surface area contributed by atoms with Crippen molar-refractivity contribution < 1.29 is 19.5 Å². The highest BCUT2D eigenvalue weighted by molar-refractivity contribution is 5.99. The Morgan fingerprint density at radius 2 is 1.84 bits per heavy atom. The molecular formula is C28H30N4O5. The minimum absolute atomic E-state index is 0.166. The molecule has 1 aromatic heterocycles. The molecule has 9 heteroatoms. The monoisotopic (exact) mass is 502 g/mol. The van der Waals surface area contributed by atoms with Crippen LogP contribution in [0, 0.1) is 6.92 Å². The first-order chi connectivity index (χ1) is 17.8. The van der Waals surface area contributed by atoms with E-state index in [-0.39, 0.29) is 24.3 Å². The number of hydrogen-bond acceptors (Lipinski definition) is 6.